The quantitative estimate of drug-likeness (QED) is 0.668. The molecule has 0 radical (unpaired) electrons. The van der Waals surface area contributed by atoms with Gasteiger partial charge in [-0.1, -0.05) is 40.0 Å². The molecule has 0 aliphatic heterocycles. The number of carbonyl (C=O) groups is 1. The Kier molecular flexibility index (Phi) is 4.92. The Morgan fingerprint density at radius 3 is 2.36 bits per heavy atom. The minimum atomic E-state index is -0.344. The van der Waals surface area contributed by atoms with E-state index in [9.17, 15) is 4.79 Å². The first-order chi connectivity index (χ1) is 6.47. The predicted octanol–water partition coefficient (Wildman–Crippen LogP) is 2.79. The molecule has 14 heavy (non-hydrogen) atoms. The van der Waals surface area contributed by atoms with Gasteiger partial charge in [-0.25, -0.2) is 0 Å². The molecule has 0 aliphatic rings. The average molecular weight is 193 g/mol. The molecule has 0 heterocycles. The highest BCUT2D eigenvalue weighted by atomic mass is 16.2. The summed E-state index contributed by atoms with van der Waals surface area (Å²) in [5.41, 5.74) is 0.343. The lowest BCUT2D eigenvalue weighted by atomic mass is 9.89. The third-order valence-corrected chi connectivity index (χ3v) is 2.27. The van der Waals surface area contributed by atoms with Crippen LogP contribution < -0.4 is 5.32 Å². The number of nitrogens with one attached hydrogen (secondary N) is 1. The molecule has 1 N–H and O–H groups in total. The molecular weight excluding hydrogens is 174 g/mol. The van der Waals surface area contributed by atoms with Crippen molar-refractivity contribution in [1.29, 1.82) is 0 Å². The summed E-state index contributed by atoms with van der Waals surface area (Å²) in [6.45, 7) is 13.0. The Balaban J connectivity index is 4.52. The number of hydrogen-bond acceptors (Lipinski definition) is 1. The molecule has 0 saturated heterocycles. The van der Waals surface area contributed by atoms with Crippen LogP contribution in [0.3, 0.4) is 0 Å². The van der Waals surface area contributed by atoms with Gasteiger partial charge in [-0.2, -0.15) is 0 Å². The van der Waals surface area contributed by atoms with Crippen LogP contribution in [0.4, 0.5) is 0 Å². The topological polar surface area (TPSA) is 29.1 Å². The molecule has 0 aromatic rings. The van der Waals surface area contributed by atoms with Gasteiger partial charge in [-0.3, -0.25) is 4.79 Å². The first kappa shape index (κ1) is 12.7. The number of carbonyl (C=O) groups excluding carboxylic acids is 1. The molecule has 1 amide bonds. The van der Waals surface area contributed by atoms with Crippen LogP contribution in [-0.4, -0.2) is 5.91 Å². The van der Waals surface area contributed by atoms with Crippen LogP contribution in [0, 0.1) is 5.41 Å². The number of rotatable bonds is 5. The molecule has 0 bridgehead atoms. The summed E-state index contributed by atoms with van der Waals surface area (Å²) >= 11 is 0. The Morgan fingerprint density at radius 2 is 2.00 bits per heavy atom. The Bertz CT molecular complexity index is 261. The van der Waals surface area contributed by atoms with Gasteiger partial charge in [0.2, 0.25) is 5.91 Å². The SMILES string of the molecule is C=CC=C(C=C)NC(=O)C(C)(C)CC. The first-order valence-corrected chi connectivity index (χ1v) is 4.74. The fourth-order valence-corrected chi connectivity index (χ4v) is 0.749. The molecule has 0 saturated carbocycles. The Morgan fingerprint density at radius 1 is 1.43 bits per heavy atom. The fourth-order valence-electron chi connectivity index (χ4n) is 0.749. The second kappa shape index (κ2) is 5.43. The van der Waals surface area contributed by atoms with Crippen LogP contribution in [0.25, 0.3) is 0 Å². The third kappa shape index (κ3) is 3.60. The number of hydrogen-bond donors (Lipinski definition) is 1. The maximum Gasteiger partial charge on any atom is 0.230 e. The smallest absolute Gasteiger partial charge is 0.230 e. The van der Waals surface area contributed by atoms with Gasteiger partial charge in [0.15, 0.2) is 0 Å². The van der Waals surface area contributed by atoms with Crippen molar-refractivity contribution in [2.45, 2.75) is 27.2 Å². The van der Waals surface area contributed by atoms with Crippen molar-refractivity contribution in [3.8, 4) is 0 Å². The molecule has 2 heteroatoms. The summed E-state index contributed by atoms with van der Waals surface area (Å²) in [5.74, 6) is 0.00741. The lowest BCUT2D eigenvalue weighted by molar-refractivity contribution is -0.128. The second-order valence-corrected chi connectivity index (χ2v) is 3.75. The molecule has 0 aromatic carbocycles. The number of amides is 1. The average Bonchev–Trinajstić information content (AvgIpc) is 2.16. The zero-order valence-electron chi connectivity index (χ0n) is 9.26. The van der Waals surface area contributed by atoms with Crippen LogP contribution in [0.2, 0.25) is 0 Å². The van der Waals surface area contributed by atoms with E-state index in [0.29, 0.717) is 5.70 Å². The molecule has 0 atom stereocenters. The summed E-state index contributed by atoms with van der Waals surface area (Å²) in [6.07, 6.45) is 5.75. The summed E-state index contributed by atoms with van der Waals surface area (Å²) in [6, 6.07) is 0. The molecular formula is C12H19NO. The highest BCUT2D eigenvalue weighted by molar-refractivity contribution is 5.83. The number of allylic oxidation sites excluding steroid dienone is 3. The standard InChI is InChI=1S/C12H19NO/c1-6-9-10(7-2)13-11(14)12(4,5)8-3/h6-7,9H,1-2,8H2,3-5H3,(H,13,14). The van der Waals surface area contributed by atoms with E-state index in [1.165, 1.54) is 0 Å². The van der Waals surface area contributed by atoms with E-state index >= 15 is 0 Å². The molecule has 2 nitrogen and oxygen atoms in total. The lowest BCUT2D eigenvalue weighted by Gasteiger charge is -2.21. The molecule has 0 spiro atoms. The second-order valence-electron chi connectivity index (χ2n) is 3.75. The van der Waals surface area contributed by atoms with Crippen molar-refractivity contribution in [2.75, 3.05) is 0 Å². The van der Waals surface area contributed by atoms with E-state index in [-0.39, 0.29) is 11.3 Å². The minimum absolute atomic E-state index is 0.00741. The fraction of sp³-hybridized carbons (Fsp3) is 0.417. The summed E-state index contributed by atoms with van der Waals surface area (Å²) in [5, 5.41) is 2.79. The maximum atomic E-state index is 11.7. The van der Waals surface area contributed by atoms with Gasteiger partial charge in [0.1, 0.15) is 0 Å². The summed E-state index contributed by atoms with van der Waals surface area (Å²) in [4.78, 5) is 11.7. The van der Waals surface area contributed by atoms with Crippen molar-refractivity contribution >= 4 is 5.91 Å². The van der Waals surface area contributed by atoms with Gasteiger partial charge in [-0.15, -0.1) is 0 Å². The molecule has 0 aliphatic carbocycles. The molecule has 78 valence electrons. The summed E-state index contributed by atoms with van der Waals surface area (Å²) < 4.78 is 0. The van der Waals surface area contributed by atoms with E-state index in [0.717, 1.165) is 6.42 Å². The normalized spacial score (nSPS) is 12.1. The van der Waals surface area contributed by atoms with Crippen LogP contribution in [0.1, 0.15) is 27.2 Å². The van der Waals surface area contributed by atoms with E-state index in [1.54, 1.807) is 18.2 Å². The molecule has 0 fully saturated rings. The van der Waals surface area contributed by atoms with Gasteiger partial charge < -0.3 is 5.32 Å². The Hall–Kier alpha value is -1.31. The third-order valence-electron chi connectivity index (χ3n) is 2.27. The van der Waals surface area contributed by atoms with Crippen molar-refractivity contribution < 1.29 is 4.79 Å². The minimum Gasteiger partial charge on any atom is -0.326 e. The van der Waals surface area contributed by atoms with Gasteiger partial charge in [0.05, 0.1) is 0 Å². The van der Waals surface area contributed by atoms with Crippen LogP contribution in [0.5, 0.6) is 0 Å². The van der Waals surface area contributed by atoms with Crippen molar-refractivity contribution in [1.82, 2.24) is 5.32 Å². The van der Waals surface area contributed by atoms with Crippen LogP contribution in [0.15, 0.2) is 37.1 Å². The van der Waals surface area contributed by atoms with Gasteiger partial charge >= 0.3 is 0 Å². The lowest BCUT2D eigenvalue weighted by Crippen LogP contribution is -2.35. The van der Waals surface area contributed by atoms with Gasteiger partial charge in [0, 0.05) is 11.1 Å². The van der Waals surface area contributed by atoms with Gasteiger partial charge in [0.25, 0.3) is 0 Å². The van der Waals surface area contributed by atoms with Crippen LogP contribution >= 0.6 is 0 Å². The molecule has 0 rings (SSSR count). The monoisotopic (exact) mass is 193 g/mol. The maximum absolute atomic E-state index is 11.7. The highest BCUT2D eigenvalue weighted by Crippen LogP contribution is 2.19. The summed E-state index contributed by atoms with van der Waals surface area (Å²) in [7, 11) is 0. The van der Waals surface area contributed by atoms with Crippen LogP contribution in [-0.2, 0) is 4.79 Å². The van der Waals surface area contributed by atoms with Crippen molar-refractivity contribution in [2.24, 2.45) is 5.41 Å². The first-order valence-electron chi connectivity index (χ1n) is 4.74. The zero-order valence-corrected chi connectivity index (χ0v) is 9.26. The van der Waals surface area contributed by atoms with E-state index in [1.807, 2.05) is 20.8 Å². The van der Waals surface area contributed by atoms with E-state index in [2.05, 4.69) is 18.5 Å². The Labute approximate surface area is 86.4 Å². The van der Waals surface area contributed by atoms with Crippen molar-refractivity contribution in [3.05, 3.63) is 37.1 Å². The zero-order chi connectivity index (χ0) is 11.2. The molecule has 0 unspecified atom stereocenters. The van der Waals surface area contributed by atoms with Gasteiger partial charge in [-0.05, 0) is 18.6 Å². The predicted molar refractivity (Wildman–Crippen MR) is 60.7 cm³/mol. The highest BCUT2D eigenvalue weighted by Gasteiger charge is 2.25. The van der Waals surface area contributed by atoms with E-state index in [4.69, 9.17) is 0 Å². The largest absolute Gasteiger partial charge is 0.326 e. The van der Waals surface area contributed by atoms with E-state index < -0.39 is 0 Å². The molecule has 0 aromatic heterocycles. The van der Waals surface area contributed by atoms with Crippen molar-refractivity contribution in [3.63, 3.8) is 0 Å².